The molecule has 3 rings (SSSR count). The fraction of sp³-hybridized carbons (Fsp3) is 0.818. The van der Waals surface area contributed by atoms with Crippen molar-refractivity contribution in [1.29, 1.82) is 0 Å². The van der Waals surface area contributed by atoms with Crippen LogP contribution in [0.4, 0.5) is 0 Å². The van der Waals surface area contributed by atoms with Crippen LogP contribution in [0.2, 0.25) is 0 Å². The van der Waals surface area contributed by atoms with Crippen LogP contribution in [0.15, 0.2) is 0 Å². The molecule has 1 saturated heterocycles. The molecule has 3 heterocycles. The van der Waals surface area contributed by atoms with Crippen LogP contribution >= 0.6 is 11.8 Å². The average molecular weight is 238 g/mol. The molecule has 0 spiro atoms. The number of thioether (sulfide) groups is 1. The highest BCUT2D eigenvalue weighted by molar-refractivity contribution is 7.99. The molecule has 0 amide bonds. The number of aromatic nitrogens is 3. The van der Waals surface area contributed by atoms with E-state index in [1.54, 1.807) is 0 Å². The molecule has 0 aromatic carbocycles. The largest absolute Gasteiger partial charge is 0.321 e. The highest BCUT2D eigenvalue weighted by Crippen LogP contribution is 2.37. The van der Waals surface area contributed by atoms with Gasteiger partial charge in [-0.05, 0) is 31.4 Å². The first-order chi connectivity index (χ1) is 7.84. The lowest BCUT2D eigenvalue weighted by Gasteiger charge is -2.17. The van der Waals surface area contributed by atoms with Crippen molar-refractivity contribution in [3.05, 3.63) is 11.6 Å². The van der Waals surface area contributed by atoms with Crippen LogP contribution in [0.3, 0.4) is 0 Å². The van der Waals surface area contributed by atoms with Gasteiger partial charge in [-0.25, -0.2) is 9.67 Å². The van der Waals surface area contributed by atoms with Crippen LogP contribution in [-0.2, 0) is 6.54 Å². The molecule has 0 aliphatic carbocycles. The van der Waals surface area contributed by atoms with E-state index in [-0.39, 0.29) is 6.04 Å². The van der Waals surface area contributed by atoms with Gasteiger partial charge in [-0.3, -0.25) is 0 Å². The fourth-order valence-electron chi connectivity index (χ4n) is 2.48. The zero-order valence-corrected chi connectivity index (χ0v) is 10.2. The summed E-state index contributed by atoms with van der Waals surface area (Å²) in [5.41, 5.74) is 6.06. The summed E-state index contributed by atoms with van der Waals surface area (Å²) in [5, 5.41) is 5.14. The van der Waals surface area contributed by atoms with Crippen LogP contribution < -0.4 is 5.73 Å². The summed E-state index contributed by atoms with van der Waals surface area (Å²) >= 11 is 2.00. The normalized spacial score (nSPS) is 30.1. The topological polar surface area (TPSA) is 56.7 Å². The third-order valence-corrected chi connectivity index (χ3v) is 4.77. The zero-order chi connectivity index (χ0) is 11.0. The van der Waals surface area contributed by atoms with Gasteiger partial charge in [0.2, 0.25) is 0 Å². The first kappa shape index (κ1) is 10.6. The minimum absolute atomic E-state index is 0.101. The second kappa shape index (κ2) is 4.37. The van der Waals surface area contributed by atoms with Crippen molar-refractivity contribution in [1.82, 2.24) is 14.8 Å². The Morgan fingerprint density at radius 1 is 1.25 bits per heavy atom. The monoisotopic (exact) mass is 238 g/mol. The molecule has 0 saturated carbocycles. The fourth-order valence-corrected chi connectivity index (χ4v) is 3.72. The molecule has 2 N–H and O–H groups in total. The smallest absolute Gasteiger partial charge is 0.163 e. The lowest BCUT2D eigenvalue weighted by atomic mass is 10.1. The molecule has 0 radical (unpaired) electrons. The molecule has 16 heavy (non-hydrogen) atoms. The van der Waals surface area contributed by atoms with E-state index in [1.165, 1.54) is 25.0 Å². The summed E-state index contributed by atoms with van der Waals surface area (Å²) in [5.74, 6) is 3.28. The second-order valence-corrected chi connectivity index (χ2v) is 5.97. The molecule has 4 nitrogen and oxygen atoms in total. The van der Waals surface area contributed by atoms with Gasteiger partial charge in [-0.2, -0.15) is 16.9 Å². The minimum Gasteiger partial charge on any atom is -0.321 e. The van der Waals surface area contributed by atoms with Crippen molar-refractivity contribution in [2.75, 3.05) is 5.75 Å². The van der Waals surface area contributed by atoms with Crippen molar-refractivity contribution >= 4 is 11.8 Å². The van der Waals surface area contributed by atoms with Crippen molar-refractivity contribution in [3.63, 3.8) is 0 Å². The maximum absolute atomic E-state index is 6.06. The third-order valence-electron chi connectivity index (χ3n) is 3.40. The van der Waals surface area contributed by atoms with E-state index >= 15 is 0 Å². The Labute approximate surface area is 100.0 Å². The SMILES string of the molecule is NC1CCCn2nc(C3CCCCS3)nc21. The predicted molar refractivity (Wildman–Crippen MR) is 65.2 cm³/mol. The summed E-state index contributed by atoms with van der Waals surface area (Å²) in [6.07, 6.45) is 6.07. The van der Waals surface area contributed by atoms with Gasteiger partial charge in [0, 0.05) is 6.54 Å². The van der Waals surface area contributed by atoms with Crippen molar-refractivity contribution in [3.8, 4) is 0 Å². The Morgan fingerprint density at radius 2 is 2.19 bits per heavy atom. The Morgan fingerprint density at radius 3 is 2.94 bits per heavy atom. The molecule has 0 bridgehead atoms. The Balaban J connectivity index is 1.85. The molecule has 88 valence electrons. The van der Waals surface area contributed by atoms with E-state index in [2.05, 4.69) is 10.1 Å². The van der Waals surface area contributed by atoms with Gasteiger partial charge in [0.05, 0.1) is 11.3 Å². The van der Waals surface area contributed by atoms with Gasteiger partial charge in [0.1, 0.15) is 5.82 Å². The number of fused-ring (bicyclic) bond motifs is 1. The summed E-state index contributed by atoms with van der Waals surface area (Å²) in [4.78, 5) is 4.66. The molecule has 2 atom stereocenters. The van der Waals surface area contributed by atoms with Gasteiger partial charge in [-0.15, -0.1) is 0 Å². The lowest BCUT2D eigenvalue weighted by Crippen LogP contribution is -2.22. The van der Waals surface area contributed by atoms with E-state index in [0.29, 0.717) is 5.25 Å². The van der Waals surface area contributed by atoms with Crippen molar-refractivity contribution in [2.24, 2.45) is 5.73 Å². The average Bonchev–Trinajstić information content (AvgIpc) is 2.76. The van der Waals surface area contributed by atoms with E-state index in [9.17, 15) is 0 Å². The van der Waals surface area contributed by atoms with Crippen molar-refractivity contribution < 1.29 is 0 Å². The van der Waals surface area contributed by atoms with Crippen LogP contribution in [0, 0.1) is 0 Å². The molecule has 2 aliphatic rings. The maximum Gasteiger partial charge on any atom is 0.163 e. The number of aryl methyl sites for hydroxylation is 1. The number of hydrogen-bond acceptors (Lipinski definition) is 4. The molecule has 1 aromatic heterocycles. The van der Waals surface area contributed by atoms with Crippen LogP contribution in [0.25, 0.3) is 0 Å². The van der Waals surface area contributed by atoms with Gasteiger partial charge < -0.3 is 5.73 Å². The molecule has 1 aromatic rings. The molecule has 5 heteroatoms. The number of nitrogens with two attached hydrogens (primary N) is 1. The molecule has 1 fully saturated rings. The number of hydrogen-bond donors (Lipinski definition) is 1. The van der Waals surface area contributed by atoms with Gasteiger partial charge in [0.15, 0.2) is 5.82 Å². The van der Waals surface area contributed by atoms with E-state index < -0.39 is 0 Å². The van der Waals surface area contributed by atoms with Crippen LogP contribution in [0.1, 0.15) is 55.0 Å². The van der Waals surface area contributed by atoms with E-state index in [1.807, 2.05) is 16.4 Å². The highest BCUT2D eigenvalue weighted by atomic mass is 32.2. The Bertz CT molecular complexity index is 370. The van der Waals surface area contributed by atoms with Crippen LogP contribution in [0.5, 0.6) is 0 Å². The van der Waals surface area contributed by atoms with Crippen molar-refractivity contribution in [2.45, 2.75) is 49.9 Å². The molecule has 2 unspecified atom stereocenters. The maximum atomic E-state index is 6.06. The highest BCUT2D eigenvalue weighted by Gasteiger charge is 2.25. The van der Waals surface area contributed by atoms with Gasteiger partial charge in [0.25, 0.3) is 0 Å². The first-order valence-electron chi connectivity index (χ1n) is 6.16. The molecular formula is C11H18N4S. The summed E-state index contributed by atoms with van der Waals surface area (Å²) in [7, 11) is 0. The van der Waals surface area contributed by atoms with Crippen LogP contribution in [-0.4, -0.2) is 20.5 Å². The van der Waals surface area contributed by atoms with E-state index in [0.717, 1.165) is 31.0 Å². The lowest BCUT2D eigenvalue weighted by molar-refractivity contribution is 0.421. The molecule has 2 aliphatic heterocycles. The Hall–Kier alpha value is -0.550. The standard InChI is InChI=1S/C11H18N4S/c12-8-4-3-6-15-11(8)13-10(14-15)9-5-1-2-7-16-9/h8-9H,1-7,12H2. The minimum atomic E-state index is 0.101. The third kappa shape index (κ3) is 1.86. The van der Waals surface area contributed by atoms with E-state index in [4.69, 9.17) is 5.73 Å². The Kier molecular flexibility index (Phi) is 2.90. The zero-order valence-electron chi connectivity index (χ0n) is 9.43. The summed E-state index contributed by atoms with van der Waals surface area (Å²) in [6, 6.07) is 0.101. The quantitative estimate of drug-likeness (QED) is 0.813. The van der Waals surface area contributed by atoms with Gasteiger partial charge in [-0.1, -0.05) is 6.42 Å². The first-order valence-corrected chi connectivity index (χ1v) is 7.21. The molecular weight excluding hydrogens is 220 g/mol. The number of nitrogens with zero attached hydrogens (tertiary/aromatic N) is 3. The second-order valence-electron chi connectivity index (χ2n) is 4.66. The summed E-state index contributed by atoms with van der Waals surface area (Å²) < 4.78 is 2.03. The van der Waals surface area contributed by atoms with Gasteiger partial charge >= 0.3 is 0 Å². The predicted octanol–water partition coefficient (Wildman–Crippen LogP) is 2.03. The summed E-state index contributed by atoms with van der Waals surface area (Å²) in [6.45, 7) is 0.993. The number of rotatable bonds is 1.